The van der Waals surface area contributed by atoms with Crippen LogP contribution in [0.4, 0.5) is 0 Å². The first-order valence-corrected chi connectivity index (χ1v) is 5.54. The van der Waals surface area contributed by atoms with Gasteiger partial charge in [-0.1, -0.05) is 26.8 Å². The topological polar surface area (TPSA) is 26.3 Å². The first-order chi connectivity index (χ1) is 6.65. The Hall–Kier alpha value is -0.790. The maximum atomic E-state index is 11.5. The normalized spacial score (nSPS) is 27.0. The van der Waals surface area contributed by atoms with Crippen molar-refractivity contribution >= 4 is 5.97 Å². The Morgan fingerprint density at radius 3 is 2.64 bits per heavy atom. The van der Waals surface area contributed by atoms with E-state index < -0.39 is 0 Å². The van der Waals surface area contributed by atoms with Gasteiger partial charge < -0.3 is 4.74 Å². The van der Waals surface area contributed by atoms with Crippen LogP contribution in [-0.4, -0.2) is 12.1 Å². The van der Waals surface area contributed by atoms with Crippen molar-refractivity contribution in [1.82, 2.24) is 0 Å². The average Bonchev–Trinajstić information content (AvgIpc) is 2.20. The molecule has 0 aliphatic heterocycles. The Kier molecular flexibility index (Phi) is 4.18. The van der Waals surface area contributed by atoms with Gasteiger partial charge in [-0.15, -0.1) is 0 Å². The lowest BCUT2D eigenvalue weighted by atomic mass is 9.88. The number of carbonyl (C=O) groups is 1. The fraction of sp³-hybridized carbons (Fsp3) is 0.750. The van der Waals surface area contributed by atoms with Crippen LogP contribution in [-0.2, 0) is 9.53 Å². The number of ether oxygens (including phenoxy) is 1. The van der Waals surface area contributed by atoms with E-state index in [1.165, 1.54) is 19.3 Å². The SMILES string of the molecule is C=C(CC)C(=O)OC1CCCCC1C. The van der Waals surface area contributed by atoms with Crippen LogP contribution in [0.5, 0.6) is 0 Å². The second-order valence-corrected chi connectivity index (χ2v) is 4.16. The van der Waals surface area contributed by atoms with Crippen LogP contribution >= 0.6 is 0 Å². The summed E-state index contributed by atoms with van der Waals surface area (Å²) >= 11 is 0. The van der Waals surface area contributed by atoms with E-state index in [-0.39, 0.29) is 12.1 Å². The number of hydrogen-bond acceptors (Lipinski definition) is 2. The molecule has 0 amide bonds. The molecule has 1 aliphatic rings. The third-order valence-electron chi connectivity index (χ3n) is 3.01. The zero-order chi connectivity index (χ0) is 10.6. The van der Waals surface area contributed by atoms with Crippen LogP contribution in [0.1, 0.15) is 46.0 Å². The molecule has 0 N–H and O–H groups in total. The van der Waals surface area contributed by atoms with Gasteiger partial charge in [0.15, 0.2) is 0 Å². The predicted octanol–water partition coefficient (Wildman–Crippen LogP) is 3.07. The molecular formula is C12H20O2. The highest BCUT2D eigenvalue weighted by atomic mass is 16.5. The van der Waals surface area contributed by atoms with E-state index in [0.717, 1.165) is 6.42 Å². The highest BCUT2D eigenvalue weighted by Crippen LogP contribution is 2.26. The van der Waals surface area contributed by atoms with Crippen molar-refractivity contribution in [2.24, 2.45) is 5.92 Å². The number of hydrogen-bond donors (Lipinski definition) is 0. The summed E-state index contributed by atoms with van der Waals surface area (Å²) in [5.74, 6) is 0.309. The molecule has 80 valence electrons. The van der Waals surface area contributed by atoms with Gasteiger partial charge in [-0.05, 0) is 31.6 Å². The van der Waals surface area contributed by atoms with Crippen molar-refractivity contribution in [2.75, 3.05) is 0 Å². The number of rotatable bonds is 3. The maximum Gasteiger partial charge on any atom is 0.333 e. The van der Waals surface area contributed by atoms with E-state index in [1.807, 2.05) is 6.92 Å². The molecule has 1 aliphatic carbocycles. The fourth-order valence-corrected chi connectivity index (χ4v) is 1.82. The van der Waals surface area contributed by atoms with Crippen LogP contribution in [0.3, 0.4) is 0 Å². The quantitative estimate of drug-likeness (QED) is 0.512. The summed E-state index contributed by atoms with van der Waals surface area (Å²) in [6.45, 7) is 7.77. The van der Waals surface area contributed by atoms with Crippen molar-refractivity contribution in [3.8, 4) is 0 Å². The van der Waals surface area contributed by atoms with Crippen LogP contribution in [0, 0.1) is 5.92 Å². The van der Waals surface area contributed by atoms with Gasteiger partial charge >= 0.3 is 5.97 Å². The van der Waals surface area contributed by atoms with E-state index in [1.54, 1.807) is 0 Å². The lowest BCUT2D eigenvalue weighted by Crippen LogP contribution is -2.28. The Labute approximate surface area is 86.3 Å². The second kappa shape index (κ2) is 5.18. The van der Waals surface area contributed by atoms with Crippen LogP contribution in [0.2, 0.25) is 0 Å². The Bertz CT molecular complexity index is 220. The van der Waals surface area contributed by atoms with Crippen molar-refractivity contribution in [2.45, 2.75) is 52.1 Å². The van der Waals surface area contributed by atoms with Crippen LogP contribution in [0.25, 0.3) is 0 Å². The number of carbonyl (C=O) groups excluding carboxylic acids is 1. The summed E-state index contributed by atoms with van der Waals surface area (Å²) in [7, 11) is 0. The smallest absolute Gasteiger partial charge is 0.333 e. The van der Waals surface area contributed by atoms with Crippen molar-refractivity contribution < 1.29 is 9.53 Å². The third-order valence-corrected chi connectivity index (χ3v) is 3.01. The van der Waals surface area contributed by atoms with Gasteiger partial charge in [0.1, 0.15) is 6.10 Å². The summed E-state index contributed by atoms with van der Waals surface area (Å²) in [6.07, 6.45) is 5.45. The molecule has 0 spiro atoms. The zero-order valence-corrected chi connectivity index (χ0v) is 9.21. The molecule has 0 aromatic rings. The second-order valence-electron chi connectivity index (χ2n) is 4.16. The Balaban J connectivity index is 2.42. The highest BCUT2D eigenvalue weighted by molar-refractivity contribution is 5.87. The maximum absolute atomic E-state index is 11.5. The van der Waals surface area contributed by atoms with Crippen LogP contribution in [0.15, 0.2) is 12.2 Å². The molecule has 1 fully saturated rings. The highest BCUT2D eigenvalue weighted by Gasteiger charge is 2.25. The van der Waals surface area contributed by atoms with Gasteiger partial charge in [0, 0.05) is 5.57 Å². The van der Waals surface area contributed by atoms with E-state index in [2.05, 4.69) is 13.5 Å². The molecular weight excluding hydrogens is 176 g/mol. The first-order valence-electron chi connectivity index (χ1n) is 5.54. The van der Waals surface area contributed by atoms with Crippen molar-refractivity contribution in [1.29, 1.82) is 0 Å². The van der Waals surface area contributed by atoms with Gasteiger partial charge in [0.25, 0.3) is 0 Å². The summed E-state index contributed by atoms with van der Waals surface area (Å²) in [6, 6.07) is 0. The van der Waals surface area contributed by atoms with Crippen molar-refractivity contribution in [3.05, 3.63) is 12.2 Å². The average molecular weight is 196 g/mol. The van der Waals surface area contributed by atoms with Crippen LogP contribution < -0.4 is 0 Å². The summed E-state index contributed by atoms with van der Waals surface area (Å²) < 4.78 is 5.42. The van der Waals surface area contributed by atoms with E-state index in [9.17, 15) is 4.79 Å². The molecule has 2 nitrogen and oxygen atoms in total. The molecule has 2 heteroatoms. The van der Waals surface area contributed by atoms with E-state index in [0.29, 0.717) is 17.9 Å². The van der Waals surface area contributed by atoms with Gasteiger partial charge in [0.05, 0.1) is 0 Å². The van der Waals surface area contributed by atoms with E-state index in [4.69, 9.17) is 4.74 Å². The first kappa shape index (κ1) is 11.3. The minimum absolute atomic E-state index is 0.125. The molecule has 2 unspecified atom stereocenters. The van der Waals surface area contributed by atoms with Gasteiger partial charge in [-0.3, -0.25) is 0 Å². The predicted molar refractivity (Wildman–Crippen MR) is 56.9 cm³/mol. The summed E-state index contributed by atoms with van der Waals surface area (Å²) in [5.41, 5.74) is 0.586. The Morgan fingerprint density at radius 2 is 2.07 bits per heavy atom. The molecule has 1 rings (SSSR count). The minimum atomic E-state index is -0.203. The largest absolute Gasteiger partial charge is 0.459 e. The molecule has 14 heavy (non-hydrogen) atoms. The molecule has 0 aromatic carbocycles. The summed E-state index contributed by atoms with van der Waals surface area (Å²) in [4.78, 5) is 11.5. The molecule has 0 bridgehead atoms. The molecule has 0 saturated heterocycles. The third kappa shape index (κ3) is 2.86. The van der Waals surface area contributed by atoms with Gasteiger partial charge in [-0.25, -0.2) is 4.79 Å². The standard InChI is InChI=1S/C12H20O2/c1-4-9(2)12(13)14-11-8-6-5-7-10(11)3/h10-11H,2,4-8H2,1,3H3. The Morgan fingerprint density at radius 1 is 1.43 bits per heavy atom. The minimum Gasteiger partial charge on any atom is -0.459 e. The fourth-order valence-electron chi connectivity index (χ4n) is 1.82. The zero-order valence-electron chi connectivity index (χ0n) is 9.21. The molecule has 0 radical (unpaired) electrons. The van der Waals surface area contributed by atoms with Gasteiger partial charge in [0.2, 0.25) is 0 Å². The van der Waals surface area contributed by atoms with Gasteiger partial charge in [-0.2, -0.15) is 0 Å². The lowest BCUT2D eigenvalue weighted by Gasteiger charge is -2.28. The lowest BCUT2D eigenvalue weighted by molar-refractivity contribution is -0.148. The summed E-state index contributed by atoms with van der Waals surface area (Å²) in [5, 5.41) is 0. The molecule has 0 aromatic heterocycles. The molecule has 0 heterocycles. The van der Waals surface area contributed by atoms with Crippen molar-refractivity contribution in [3.63, 3.8) is 0 Å². The molecule has 2 atom stereocenters. The molecule has 1 saturated carbocycles. The van der Waals surface area contributed by atoms with E-state index >= 15 is 0 Å². The monoisotopic (exact) mass is 196 g/mol. The number of esters is 1.